The van der Waals surface area contributed by atoms with Crippen LogP contribution in [0.1, 0.15) is 33.3 Å². The van der Waals surface area contributed by atoms with Crippen LogP contribution in [-0.2, 0) is 15.0 Å². The topological polar surface area (TPSA) is 43.4 Å². The molecule has 0 unspecified atom stereocenters. The third-order valence-electron chi connectivity index (χ3n) is 2.20. The molecule has 0 aliphatic rings. The Balaban J connectivity index is 2.92. The van der Waals surface area contributed by atoms with Gasteiger partial charge < -0.3 is 4.74 Å². The van der Waals surface area contributed by atoms with Gasteiger partial charge >= 0.3 is 5.97 Å². The number of carbonyl (C=O) groups excluding carboxylic acids is 2. The fraction of sp³-hybridized carbons (Fsp3) is 0.385. The SMILES string of the molecule is CC(=O)C(=O)Oc1cccc(C(C)(C)C)c1. The molecule has 3 heteroatoms. The highest BCUT2D eigenvalue weighted by molar-refractivity contribution is 6.33. The lowest BCUT2D eigenvalue weighted by Gasteiger charge is -2.19. The second-order valence-electron chi connectivity index (χ2n) is 4.72. The van der Waals surface area contributed by atoms with Crippen molar-refractivity contribution in [2.24, 2.45) is 0 Å². The van der Waals surface area contributed by atoms with Crippen LogP contribution in [0, 0.1) is 0 Å². The number of hydrogen-bond donors (Lipinski definition) is 0. The van der Waals surface area contributed by atoms with Crippen molar-refractivity contribution in [1.29, 1.82) is 0 Å². The fourth-order valence-corrected chi connectivity index (χ4v) is 1.20. The van der Waals surface area contributed by atoms with Gasteiger partial charge in [0.2, 0.25) is 5.78 Å². The van der Waals surface area contributed by atoms with Crippen molar-refractivity contribution in [3.05, 3.63) is 29.8 Å². The van der Waals surface area contributed by atoms with Gasteiger partial charge in [-0.1, -0.05) is 32.9 Å². The van der Waals surface area contributed by atoms with Crippen LogP contribution in [0.25, 0.3) is 0 Å². The molecule has 0 bridgehead atoms. The molecule has 0 aliphatic heterocycles. The van der Waals surface area contributed by atoms with Crippen molar-refractivity contribution in [3.8, 4) is 5.75 Å². The van der Waals surface area contributed by atoms with Crippen LogP contribution < -0.4 is 4.74 Å². The maximum Gasteiger partial charge on any atom is 0.379 e. The van der Waals surface area contributed by atoms with Gasteiger partial charge in [0, 0.05) is 6.92 Å². The molecule has 0 saturated carbocycles. The fourth-order valence-electron chi connectivity index (χ4n) is 1.20. The van der Waals surface area contributed by atoms with Crippen LogP contribution in [0.3, 0.4) is 0 Å². The summed E-state index contributed by atoms with van der Waals surface area (Å²) in [6, 6.07) is 7.21. The van der Waals surface area contributed by atoms with Gasteiger partial charge in [-0.25, -0.2) is 4.79 Å². The molecule has 0 radical (unpaired) electrons. The van der Waals surface area contributed by atoms with Crippen LogP contribution in [0.5, 0.6) is 5.75 Å². The first-order chi connectivity index (χ1) is 7.30. The second kappa shape index (κ2) is 4.47. The Morgan fingerprint density at radius 3 is 2.31 bits per heavy atom. The van der Waals surface area contributed by atoms with E-state index < -0.39 is 11.8 Å². The minimum atomic E-state index is -0.828. The lowest BCUT2D eigenvalue weighted by atomic mass is 9.87. The number of ketones is 1. The van der Waals surface area contributed by atoms with E-state index in [4.69, 9.17) is 4.74 Å². The van der Waals surface area contributed by atoms with Gasteiger partial charge in [-0.2, -0.15) is 0 Å². The first kappa shape index (κ1) is 12.4. The third kappa shape index (κ3) is 3.19. The molecule has 0 fully saturated rings. The number of ether oxygens (including phenoxy) is 1. The summed E-state index contributed by atoms with van der Waals surface area (Å²) in [6.45, 7) is 7.40. The van der Waals surface area contributed by atoms with Gasteiger partial charge in [-0.05, 0) is 23.1 Å². The van der Waals surface area contributed by atoms with Crippen LogP contribution >= 0.6 is 0 Å². The molecular weight excluding hydrogens is 204 g/mol. The van der Waals surface area contributed by atoms with Crippen molar-refractivity contribution < 1.29 is 14.3 Å². The van der Waals surface area contributed by atoms with Crippen molar-refractivity contribution in [2.45, 2.75) is 33.1 Å². The monoisotopic (exact) mass is 220 g/mol. The predicted octanol–water partition coefficient (Wildman–Crippen LogP) is 2.48. The molecular formula is C13H16O3. The molecule has 0 N–H and O–H groups in total. The van der Waals surface area contributed by atoms with E-state index >= 15 is 0 Å². The third-order valence-corrected chi connectivity index (χ3v) is 2.20. The lowest BCUT2D eigenvalue weighted by molar-refractivity contribution is -0.146. The molecule has 0 spiro atoms. The maximum absolute atomic E-state index is 11.1. The van der Waals surface area contributed by atoms with Crippen LogP contribution in [0.2, 0.25) is 0 Å². The molecule has 1 aromatic carbocycles. The summed E-state index contributed by atoms with van der Waals surface area (Å²) in [7, 11) is 0. The van der Waals surface area contributed by atoms with Gasteiger partial charge in [-0.3, -0.25) is 4.79 Å². The summed E-state index contributed by atoms with van der Waals surface area (Å²) >= 11 is 0. The van der Waals surface area contributed by atoms with E-state index in [1.165, 1.54) is 6.92 Å². The molecule has 0 heterocycles. The Morgan fingerprint density at radius 2 is 1.81 bits per heavy atom. The highest BCUT2D eigenvalue weighted by Gasteiger charge is 2.15. The molecule has 86 valence electrons. The van der Waals surface area contributed by atoms with E-state index in [-0.39, 0.29) is 5.41 Å². The molecule has 1 rings (SSSR count). The Labute approximate surface area is 95.4 Å². The minimum Gasteiger partial charge on any atom is -0.421 e. The quantitative estimate of drug-likeness (QED) is 0.437. The Bertz CT molecular complexity index is 413. The van der Waals surface area contributed by atoms with Crippen molar-refractivity contribution in [1.82, 2.24) is 0 Å². The highest BCUT2D eigenvalue weighted by Crippen LogP contribution is 2.25. The Hall–Kier alpha value is -1.64. The standard InChI is InChI=1S/C13H16O3/c1-9(14)12(15)16-11-7-5-6-10(8-11)13(2,3)4/h5-8H,1-4H3. The molecule has 1 aromatic rings. The molecule has 0 amide bonds. The van der Waals surface area contributed by atoms with E-state index in [2.05, 4.69) is 20.8 Å². The zero-order chi connectivity index (χ0) is 12.3. The second-order valence-corrected chi connectivity index (χ2v) is 4.72. The van der Waals surface area contributed by atoms with Gasteiger partial charge in [0.05, 0.1) is 0 Å². The predicted molar refractivity (Wildman–Crippen MR) is 61.5 cm³/mol. The van der Waals surface area contributed by atoms with Crippen molar-refractivity contribution >= 4 is 11.8 Å². The van der Waals surface area contributed by atoms with E-state index in [0.717, 1.165) is 5.56 Å². The average molecular weight is 220 g/mol. The van der Waals surface area contributed by atoms with Gasteiger partial charge in [-0.15, -0.1) is 0 Å². The summed E-state index contributed by atoms with van der Waals surface area (Å²) in [5.74, 6) is -1.01. The first-order valence-corrected chi connectivity index (χ1v) is 5.14. The Morgan fingerprint density at radius 1 is 1.19 bits per heavy atom. The number of rotatable bonds is 2. The number of hydrogen-bond acceptors (Lipinski definition) is 3. The molecule has 16 heavy (non-hydrogen) atoms. The number of benzene rings is 1. The summed E-state index contributed by atoms with van der Waals surface area (Å²) in [4.78, 5) is 21.9. The van der Waals surface area contributed by atoms with Gasteiger partial charge in [0.15, 0.2) is 0 Å². The van der Waals surface area contributed by atoms with E-state index in [9.17, 15) is 9.59 Å². The normalized spacial score (nSPS) is 11.0. The summed E-state index contributed by atoms with van der Waals surface area (Å²) < 4.78 is 4.92. The van der Waals surface area contributed by atoms with Crippen LogP contribution in [-0.4, -0.2) is 11.8 Å². The van der Waals surface area contributed by atoms with Crippen LogP contribution in [0.15, 0.2) is 24.3 Å². The molecule has 3 nitrogen and oxygen atoms in total. The first-order valence-electron chi connectivity index (χ1n) is 5.14. The number of esters is 1. The van der Waals surface area contributed by atoms with Crippen molar-refractivity contribution in [2.75, 3.05) is 0 Å². The molecule has 0 aromatic heterocycles. The lowest BCUT2D eigenvalue weighted by Crippen LogP contribution is -2.17. The van der Waals surface area contributed by atoms with E-state index in [1.807, 2.05) is 12.1 Å². The zero-order valence-corrected chi connectivity index (χ0v) is 10.0. The van der Waals surface area contributed by atoms with E-state index in [0.29, 0.717) is 5.75 Å². The summed E-state index contributed by atoms with van der Waals surface area (Å²) in [5, 5.41) is 0. The largest absolute Gasteiger partial charge is 0.421 e. The Kier molecular flexibility index (Phi) is 3.48. The average Bonchev–Trinajstić information content (AvgIpc) is 2.16. The van der Waals surface area contributed by atoms with Crippen LogP contribution in [0.4, 0.5) is 0 Å². The molecule has 0 atom stereocenters. The van der Waals surface area contributed by atoms with Crippen molar-refractivity contribution in [3.63, 3.8) is 0 Å². The number of Topliss-reactive ketones (excluding diaryl/α,β-unsaturated/α-hetero) is 1. The van der Waals surface area contributed by atoms with Gasteiger partial charge in [0.25, 0.3) is 0 Å². The maximum atomic E-state index is 11.1. The van der Waals surface area contributed by atoms with E-state index in [1.54, 1.807) is 12.1 Å². The minimum absolute atomic E-state index is 0.0152. The summed E-state index contributed by atoms with van der Waals surface area (Å²) in [6.07, 6.45) is 0. The molecule has 0 aliphatic carbocycles. The van der Waals surface area contributed by atoms with Gasteiger partial charge in [0.1, 0.15) is 5.75 Å². The zero-order valence-electron chi connectivity index (χ0n) is 10.0. The number of carbonyl (C=O) groups is 2. The summed E-state index contributed by atoms with van der Waals surface area (Å²) in [5.41, 5.74) is 1.04. The molecule has 0 saturated heterocycles. The smallest absolute Gasteiger partial charge is 0.379 e. The highest BCUT2D eigenvalue weighted by atomic mass is 16.5.